The number of benzene rings is 1. The number of pyridine rings is 1. The van der Waals surface area contributed by atoms with Crippen LogP contribution in [0.4, 0.5) is 10.6 Å². The second kappa shape index (κ2) is 9.43. The fraction of sp³-hybridized carbons (Fsp3) is 0.364. The van der Waals surface area contributed by atoms with Gasteiger partial charge in [-0.2, -0.15) is 0 Å². The molecule has 0 unspecified atom stereocenters. The lowest BCUT2D eigenvalue weighted by Crippen LogP contribution is -2.39. The lowest BCUT2D eigenvalue weighted by molar-refractivity contribution is 0.122. The van der Waals surface area contributed by atoms with Crippen LogP contribution < -0.4 is 15.5 Å². The van der Waals surface area contributed by atoms with Gasteiger partial charge in [0.15, 0.2) is 0 Å². The number of hydrogen-bond acceptors (Lipinski definition) is 4. The zero-order chi connectivity index (χ0) is 19.9. The van der Waals surface area contributed by atoms with Crippen molar-refractivity contribution < 1.29 is 9.53 Å². The van der Waals surface area contributed by atoms with E-state index in [0.717, 1.165) is 37.4 Å². The van der Waals surface area contributed by atoms with Gasteiger partial charge in [-0.05, 0) is 30.0 Å². The second-order valence-corrected chi connectivity index (χ2v) is 7.12. The number of carbonyl (C=O) groups excluding carboxylic acids is 1. The highest BCUT2D eigenvalue weighted by Gasteiger charge is 2.16. The number of anilines is 1. The van der Waals surface area contributed by atoms with E-state index in [2.05, 4.69) is 49.5 Å². The summed E-state index contributed by atoms with van der Waals surface area (Å²) in [4.78, 5) is 18.9. The van der Waals surface area contributed by atoms with Gasteiger partial charge >= 0.3 is 6.03 Å². The van der Waals surface area contributed by atoms with Gasteiger partial charge < -0.3 is 24.8 Å². The molecule has 1 saturated heterocycles. The van der Waals surface area contributed by atoms with Crippen molar-refractivity contribution in [3.8, 4) is 0 Å². The number of fused-ring (bicyclic) bond motifs is 1. The number of aromatic nitrogens is 2. The summed E-state index contributed by atoms with van der Waals surface area (Å²) in [5, 5.41) is 7.13. The Kier molecular flexibility index (Phi) is 6.26. The number of rotatable bonds is 7. The van der Waals surface area contributed by atoms with Crippen molar-refractivity contribution in [1.29, 1.82) is 0 Å². The van der Waals surface area contributed by atoms with Crippen LogP contribution in [0.25, 0.3) is 10.9 Å². The maximum Gasteiger partial charge on any atom is 0.315 e. The molecule has 7 nitrogen and oxygen atoms in total. The van der Waals surface area contributed by atoms with E-state index < -0.39 is 0 Å². The smallest absolute Gasteiger partial charge is 0.315 e. The largest absolute Gasteiger partial charge is 0.378 e. The Morgan fingerprint density at radius 3 is 2.83 bits per heavy atom. The van der Waals surface area contributed by atoms with Gasteiger partial charge in [-0.1, -0.05) is 24.3 Å². The van der Waals surface area contributed by atoms with Gasteiger partial charge in [-0.25, -0.2) is 9.78 Å². The van der Waals surface area contributed by atoms with E-state index in [0.29, 0.717) is 26.3 Å². The third-order valence-electron chi connectivity index (χ3n) is 5.16. The Morgan fingerprint density at radius 1 is 1.07 bits per heavy atom. The zero-order valence-electron chi connectivity index (χ0n) is 16.5. The topological polar surface area (TPSA) is 71.4 Å². The van der Waals surface area contributed by atoms with Gasteiger partial charge in [0, 0.05) is 56.2 Å². The molecule has 2 aromatic heterocycles. The average Bonchev–Trinajstić information content (AvgIpc) is 3.19. The second-order valence-electron chi connectivity index (χ2n) is 7.12. The maximum atomic E-state index is 12.2. The fourth-order valence-corrected chi connectivity index (χ4v) is 3.65. The first-order chi connectivity index (χ1) is 14.3. The summed E-state index contributed by atoms with van der Waals surface area (Å²) in [7, 11) is 0. The summed E-state index contributed by atoms with van der Waals surface area (Å²) < 4.78 is 7.64. The highest BCUT2D eigenvalue weighted by Crippen LogP contribution is 2.18. The molecule has 152 valence electrons. The molecule has 7 heteroatoms. The Hall–Kier alpha value is -3.06. The minimum atomic E-state index is -0.154. The van der Waals surface area contributed by atoms with Gasteiger partial charge in [-0.15, -0.1) is 0 Å². The van der Waals surface area contributed by atoms with Crippen LogP contribution in [0.2, 0.25) is 0 Å². The predicted octanol–water partition coefficient (Wildman–Crippen LogP) is 2.76. The number of para-hydroxylation sites is 1. The van der Waals surface area contributed by atoms with E-state index in [4.69, 9.17) is 4.74 Å². The third kappa shape index (κ3) is 4.86. The van der Waals surface area contributed by atoms with Gasteiger partial charge in [0.25, 0.3) is 0 Å². The molecule has 3 aromatic rings. The Labute approximate surface area is 170 Å². The van der Waals surface area contributed by atoms with E-state index in [1.807, 2.05) is 24.3 Å². The van der Waals surface area contributed by atoms with Crippen LogP contribution in [-0.2, 0) is 17.8 Å². The van der Waals surface area contributed by atoms with Gasteiger partial charge in [0.05, 0.1) is 13.2 Å². The molecule has 1 aliphatic heterocycles. The Balaban J connectivity index is 1.22. The van der Waals surface area contributed by atoms with Crippen molar-refractivity contribution in [2.75, 3.05) is 37.7 Å². The molecule has 1 aliphatic rings. The van der Waals surface area contributed by atoms with Crippen molar-refractivity contribution in [3.63, 3.8) is 0 Å². The van der Waals surface area contributed by atoms with Crippen LogP contribution >= 0.6 is 0 Å². The quantitative estimate of drug-likeness (QED) is 0.606. The number of hydrogen-bond donors (Lipinski definition) is 2. The molecule has 0 radical (unpaired) electrons. The number of amides is 2. The minimum absolute atomic E-state index is 0.154. The first kappa shape index (κ1) is 19.3. The van der Waals surface area contributed by atoms with Crippen LogP contribution in [0.5, 0.6) is 0 Å². The van der Waals surface area contributed by atoms with Crippen LogP contribution in [0.3, 0.4) is 0 Å². The molecular weight excluding hydrogens is 366 g/mol. The van der Waals surface area contributed by atoms with Gasteiger partial charge in [-0.3, -0.25) is 0 Å². The van der Waals surface area contributed by atoms with Crippen molar-refractivity contribution in [2.45, 2.75) is 19.5 Å². The average molecular weight is 393 g/mol. The predicted molar refractivity (Wildman–Crippen MR) is 114 cm³/mol. The summed E-state index contributed by atoms with van der Waals surface area (Å²) in [6, 6.07) is 14.2. The standard InChI is InChI=1S/C22H27N5O2/c28-22(24-10-4-11-26-12-8-18-5-1-2-7-20(18)26)25-17-19-6-3-9-23-21(19)27-13-15-29-16-14-27/h1-3,5-9,12H,4,10-11,13-17H2,(H2,24,25,28). The summed E-state index contributed by atoms with van der Waals surface area (Å²) >= 11 is 0. The van der Waals surface area contributed by atoms with Crippen molar-refractivity contribution >= 4 is 22.8 Å². The van der Waals surface area contributed by atoms with E-state index >= 15 is 0 Å². The van der Waals surface area contributed by atoms with Crippen LogP contribution in [0.1, 0.15) is 12.0 Å². The number of nitrogens with zero attached hydrogens (tertiary/aromatic N) is 3. The lowest BCUT2D eigenvalue weighted by Gasteiger charge is -2.29. The maximum absolute atomic E-state index is 12.2. The third-order valence-corrected chi connectivity index (χ3v) is 5.16. The van der Waals surface area contributed by atoms with Gasteiger partial charge in [0.1, 0.15) is 5.82 Å². The zero-order valence-corrected chi connectivity index (χ0v) is 16.5. The fourth-order valence-electron chi connectivity index (χ4n) is 3.65. The molecule has 1 aromatic carbocycles. The van der Waals surface area contributed by atoms with E-state index in [1.165, 1.54) is 10.9 Å². The Morgan fingerprint density at radius 2 is 1.93 bits per heavy atom. The first-order valence-electron chi connectivity index (χ1n) is 10.1. The number of ether oxygens (including phenoxy) is 1. The summed E-state index contributed by atoms with van der Waals surface area (Å²) in [6.45, 7) is 5.02. The van der Waals surface area contributed by atoms with Crippen LogP contribution in [-0.4, -0.2) is 48.4 Å². The van der Waals surface area contributed by atoms with Crippen molar-refractivity contribution in [3.05, 3.63) is 60.4 Å². The van der Waals surface area contributed by atoms with Crippen LogP contribution in [0.15, 0.2) is 54.9 Å². The normalized spacial score (nSPS) is 14.1. The molecule has 0 atom stereocenters. The SMILES string of the molecule is O=C(NCCCn1ccc2ccccc21)NCc1cccnc1N1CCOCC1. The molecule has 0 aliphatic carbocycles. The molecule has 29 heavy (non-hydrogen) atoms. The number of nitrogens with one attached hydrogen (secondary N) is 2. The van der Waals surface area contributed by atoms with E-state index in [-0.39, 0.29) is 6.03 Å². The minimum Gasteiger partial charge on any atom is -0.378 e. The molecule has 3 heterocycles. The molecule has 4 rings (SSSR count). The van der Waals surface area contributed by atoms with E-state index in [9.17, 15) is 4.79 Å². The first-order valence-corrected chi connectivity index (χ1v) is 10.1. The molecular formula is C22H27N5O2. The molecule has 2 N–H and O–H groups in total. The molecule has 0 bridgehead atoms. The number of carbonyl (C=O) groups is 1. The van der Waals surface area contributed by atoms with Crippen LogP contribution in [0, 0.1) is 0 Å². The molecule has 2 amide bonds. The monoisotopic (exact) mass is 393 g/mol. The number of aryl methyl sites for hydroxylation is 1. The van der Waals surface area contributed by atoms with Gasteiger partial charge in [0.2, 0.25) is 0 Å². The summed E-state index contributed by atoms with van der Waals surface area (Å²) in [6.07, 6.45) is 4.76. The number of urea groups is 1. The molecule has 0 saturated carbocycles. The molecule has 1 fully saturated rings. The van der Waals surface area contributed by atoms with Crippen molar-refractivity contribution in [2.24, 2.45) is 0 Å². The summed E-state index contributed by atoms with van der Waals surface area (Å²) in [5.74, 6) is 0.926. The number of morpholine rings is 1. The molecule has 0 spiro atoms. The summed E-state index contributed by atoms with van der Waals surface area (Å²) in [5.41, 5.74) is 2.24. The van der Waals surface area contributed by atoms with Crippen molar-refractivity contribution in [1.82, 2.24) is 20.2 Å². The highest BCUT2D eigenvalue weighted by molar-refractivity contribution is 5.79. The van der Waals surface area contributed by atoms with E-state index in [1.54, 1.807) is 6.20 Å². The lowest BCUT2D eigenvalue weighted by atomic mass is 10.2. The highest BCUT2D eigenvalue weighted by atomic mass is 16.5. The Bertz CT molecular complexity index is 949.